The molecular weight excluding hydrogens is 216 g/mol. The van der Waals surface area contributed by atoms with Gasteiger partial charge in [-0.3, -0.25) is 0 Å². The molecule has 0 bridgehead atoms. The van der Waals surface area contributed by atoms with Crippen molar-refractivity contribution in [3.63, 3.8) is 0 Å². The molecule has 3 rings (SSSR count). The molecule has 2 nitrogen and oxygen atoms in total. The van der Waals surface area contributed by atoms with Crippen molar-refractivity contribution in [1.29, 1.82) is 0 Å². The first kappa shape index (κ1) is 10.2. The monoisotopic (exact) mass is 232 g/mol. The van der Waals surface area contributed by atoms with Crippen LogP contribution in [-0.2, 0) is 5.41 Å². The summed E-state index contributed by atoms with van der Waals surface area (Å²) in [5, 5.41) is -0.0382. The fraction of sp³-hybridized carbons (Fsp3) is 0.538. The third-order valence-electron chi connectivity index (χ3n) is 3.21. The maximum absolute atomic E-state index is 6.02. The predicted octanol–water partition coefficient (Wildman–Crippen LogP) is 2.52. The second-order valence-electron chi connectivity index (χ2n) is 5.76. The molecule has 2 aliphatic heterocycles. The summed E-state index contributed by atoms with van der Waals surface area (Å²) in [4.78, 5) is 0. The van der Waals surface area contributed by atoms with E-state index in [1.807, 2.05) is 6.07 Å². The van der Waals surface area contributed by atoms with E-state index in [0.717, 1.165) is 21.0 Å². The summed E-state index contributed by atoms with van der Waals surface area (Å²) in [5.74, 6) is 1.82. The molecular formula is C13H16O2Si. The largest absolute Gasteiger partial charge is 0.487 e. The zero-order valence-electron chi connectivity index (χ0n) is 10.1. The molecule has 2 unspecified atom stereocenters. The zero-order valence-corrected chi connectivity index (χ0v) is 11.1. The molecule has 0 aromatic heterocycles. The summed E-state index contributed by atoms with van der Waals surface area (Å²) in [6.07, 6.45) is 0. The van der Waals surface area contributed by atoms with Gasteiger partial charge in [-0.25, -0.2) is 0 Å². The quantitative estimate of drug-likeness (QED) is 0.640. The van der Waals surface area contributed by atoms with E-state index in [2.05, 4.69) is 39.8 Å². The minimum atomic E-state index is -0.0382. The standard InChI is InChI=1S/C13H16O2Si/c1-12(2,3)8-5-6-9-10(7-8)15-13(4)11(14-9)16-13/h5-7,11H,1-4H3. The van der Waals surface area contributed by atoms with E-state index >= 15 is 0 Å². The summed E-state index contributed by atoms with van der Waals surface area (Å²) < 4.78 is 11.9. The van der Waals surface area contributed by atoms with Gasteiger partial charge in [-0.1, -0.05) is 26.8 Å². The van der Waals surface area contributed by atoms with Gasteiger partial charge in [-0.2, -0.15) is 0 Å². The van der Waals surface area contributed by atoms with Crippen molar-refractivity contribution in [3.05, 3.63) is 23.8 Å². The third kappa shape index (κ3) is 1.45. The highest BCUT2D eigenvalue weighted by Crippen LogP contribution is 2.46. The average Bonchev–Trinajstić information content (AvgIpc) is 2.81. The van der Waals surface area contributed by atoms with E-state index in [1.165, 1.54) is 5.56 Å². The molecule has 0 aliphatic carbocycles. The number of benzene rings is 1. The number of ether oxygens (including phenoxy) is 2. The average molecular weight is 232 g/mol. The van der Waals surface area contributed by atoms with Crippen LogP contribution < -0.4 is 9.47 Å². The number of rotatable bonds is 0. The number of hydrogen-bond acceptors (Lipinski definition) is 2. The van der Waals surface area contributed by atoms with Crippen molar-refractivity contribution < 1.29 is 9.47 Å². The van der Waals surface area contributed by atoms with Gasteiger partial charge in [0, 0.05) is 0 Å². The smallest absolute Gasteiger partial charge is 0.163 e. The molecule has 16 heavy (non-hydrogen) atoms. The van der Waals surface area contributed by atoms with Gasteiger partial charge in [0.2, 0.25) is 0 Å². The Morgan fingerprint density at radius 2 is 2.00 bits per heavy atom. The molecule has 0 saturated carbocycles. The van der Waals surface area contributed by atoms with Crippen LogP contribution in [0.2, 0.25) is 0 Å². The van der Waals surface area contributed by atoms with Crippen LogP contribution >= 0.6 is 0 Å². The van der Waals surface area contributed by atoms with E-state index in [9.17, 15) is 0 Å². The van der Waals surface area contributed by atoms with Crippen LogP contribution in [0.5, 0.6) is 11.5 Å². The van der Waals surface area contributed by atoms with Gasteiger partial charge in [0.05, 0.1) is 0 Å². The molecule has 1 aromatic carbocycles. The topological polar surface area (TPSA) is 18.5 Å². The van der Waals surface area contributed by atoms with Crippen molar-refractivity contribution in [2.75, 3.05) is 0 Å². The summed E-state index contributed by atoms with van der Waals surface area (Å²) in [5.41, 5.74) is 1.74. The van der Waals surface area contributed by atoms with Crippen molar-refractivity contribution in [2.45, 2.75) is 44.1 Å². The van der Waals surface area contributed by atoms with E-state index in [4.69, 9.17) is 9.47 Å². The highest BCUT2D eigenvalue weighted by molar-refractivity contribution is 6.56. The minimum Gasteiger partial charge on any atom is -0.487 e. The summed E-state index contributed by atoms with van der Waals surface area (Å²) in [6, 6.07) is 6.30. The van der Waals surface area contributed by atoms with Gasteiger partial charge in [0.1, 0.15) is 11.0 Å². The number of fused-ring (bicyclic) bond motifs is 2. The van der Waals surface area contributed by atoms with Crippen molar-refractivity contribution in [1.82, 2.24) is 0 Å². The van der Waals surface area contributed by atoms with Crippen LogP contribution in [0.4, 0.5) is 0 Å². The van der Waals surface area contributed by atoms with Crippen LogP contribution in [-0.4, -0.2) is 20.5 Å². The first-order valence-electron chi connectivity index (χ1n) is 5.66. The van der Waals surface area contributed by atoms with Gasteiger partial charge >= 0.3 is 0 Å². The fourth-order valence-corrected chi connectivity index (χ4v) is 2.86. The molecule has 0 N–H and O–H groups in total. The van der Waals surface area contributed by atoms with E-state index < -0.39 is 0 Å². The normalized spacial score (nSPS) is 30.9. The second kappa shape index (κ2) is 2.83. The molecule has 2 heterocycles. The SMILES string of the molecule is CC(C)(C)c1ccc2c(c1)OC1(C)[Si]C1O2. The van der Waals surface area contributed by atoms with Crippen molar-refractivity contribution in [3.8, 4) is 11.5 Å². The van der Waals surface area contributed by atoms with Crippen molar-refractivity contribution in [2.24, 2.45) is 0 Å². The van der Waals surface area contributed by atoms with Gasteiger partial charge in [-0.05, 0) is 30.0 Å². The Kier molecular flexibility index (Phi) is 1.81. The molecule has 1 aromatic rings. The third-order valence-corrected chi connectivity index (χ3v) is 4.77. The number of hydrogen-bond donors (Lipinski definition) is 0. The van der Waals surface area contributed by atoms with E-state index in [1.54, 1.807) is 0 Å². The van der Waals surface area contributed by atoms with Gasteiger partial charge in [0.15, 0.2) is 21.0 Å². The molecule has 2 aliphatic rings. The molecule has 3 heteroatoms. The lowest BCUT2D eigenvalue weighted by molar-refractivity contribution is 0.100. The van der Waals surface area contributed by atoms with Crippen molar-refractivity contribution >= 4 is 9.52 Å². The molecule has 1 saturated heterocycles. The van der Waals surface area contributed by atoms with Crippen LogP contribution in [0.15, 0.2) is 18.2 Å². The molecule has 1 fully saturated rings. The van der Waals surface area contributed by atoms with Crippen LogP contribution in [0.3, 0.4) is 0 Å². The molecule has 2 atom stereocenters. The van der Waals surface area contributed by atoms with Crippen LogP contribution in [0.1, 0.15) is 33.3 Å². The molecule has 0 spiro atoms. The Hall–Kier alpha value is -0.963. The van der Waals surface area contributed by atoms with Crippen LogP contribution in [0, 0.1) is 0 Å². The molecule has 0 amide bonds. The van der Waals surface area contributed by atoms with E-state index in [-0.39, 0.29) is 10.6 Å². The zero-order chi connectivity index (χ0) is 11.6. The summed E-state index contributed by atoms with van der Waals surface area (Å²) in [7, 11) is 0.766. The first-order valence-corrected chi connectivity index (χ1v) is 6.74. The highest BCUT2D eigenvalue weighted by Gasteiger charge is 2.59. The molecule has 84 valence electrons. The lowest BCUT2D eigenvalue weighted by Gasteiger charge is -2.27. The lowest BCUT2D eigenvalue weighted by Crippen LogP contribution is -2.27. The maximum atomic E-state index is 6.02. The van der Waals surface area contributed by atoms with E-state index in [0.29, 0.717) is 5.73 Å². The molecule has 2 radical (unpaired) electrons. The Labute approximate surface area is 98.8 Å². The fourth-order valence-electron chi connectivity index (χ4n) is 1.95. The lowest BCUT2D eigenvalue weighted by atomic mass is 9.87. The van der Waals surface area contributed by atoms with Crippen LogP contribution in [0.25, 0.3) is 0 Å². The second-order valence-corrected chi connectivity index (χ2v) is 7.57. The summed E-state index contributed by atoms with van der Waals surface area (Å²) in [6.45, 7) is 8.76. The Bertz CT molecular complexity index is 450. The predicted molar refractivity (Wildman–Crippen MR) is 64.3 cm³/mol. The Balaban J connectivity index is 2.00. The summed E-state index contributed by atoms with van der Waals surface area (Å²) >= 11 is 0. The highest BCUT2D eigenvalue weighted by atomic mass is 28.2. The Morgan fingerprint density at radius 1 is 1.25 bits per heavy atom. The minimum absolute atomic E-state index is 0.0382. The van der Waals surface area contributed by atoms with Gasteiger partial charge < -0.3 is 9.47 Å². The van der Waals surface area contributed by atoms with Gasteiger partial charge in [-0.15, -0.1) is 0 Å². The Morgan fingerprint density at radius 3 is 2.69 bits per heavy atom. The maximum Gasteiger partial charge on any atom is 0.163 e. The first-order chi connectivity index (χ1) is 7.38. The van der Waals surface area contributed by atoms with Gasteiger partial charge in [0.25, 0.3) is 0 Å².